The number of aromatic nitrogens is 2. The molecule has 32 heavy (non-hydrogen) atoms. The second kappa shape index (κ2) is 9.23. The number of amides is 2. The lowest BCUT2D eigenvalue weighted by atomic mass is 10.1. The Kier molecular flexibility index (Phi) is 6.40. The lowest BCUT2D eigenvalue weighted by Gasteiger charge is -2.40. The fourth-order valence-electron chi connectivity index (χ4n) is 3.75. The second-order valence-electron chi connectivity index (χ2n) is 7.75. The quantitative estimate of drug-likeness (QED) is 0.459. The number of hydrogen-bond donors (Lipinski definition) is 4. The number of phenolic OH excluding ortho intramolecular Hbond substituents is 1. The first-order valence-corrected chi connectivity index (χ1v) is 11.0. The molecule has 1 aromatic carbocycles. The summed E-state index contributed by atoms with van der Waals surface area (Å²) in [5, 5.41) is 31.5. The number of fused-ring (bicyclic) bond motifs is 1. The number of rotatable bonds is 5. The molecule has 0 saturated carbocycles. The summed E-state index contributed by atoms with van der Waals surface area (Å²) in [6.45, 7) is 2.65. The van der Waals surface area contributed by atoms with Gasteiger partial charge in [-0.1, -0.05) is 17.4 Å². The van der Waals surface area contributed by atoms with E-state index in [1.165, 1.54) is 23.6 Å². The minimum Gasteiger partial charge on any atom is -0.506 e. The standard InChI is InChI=1S/C21H24FN5O4S/c1-12-10-26(19-15(22)8-13(9-23-19)7-14(29)11-28)5-6-27(12)21(31)25-20-24-18-16(30)3-2-4-17(18)32-20/h2-4,8-9,12,14,28-30H,5-7,10-11H2,1H3,(H,24,25,31)/t12-,14-/m0/s1. The zero-order valence-corrected chi connectivity index (χ0v) is 18.2. The average Bonchev–Trinajstić information content (AvgIpc) is 3.17. The van der Waals surface area contributed by atoms with Gasteiger partial charge in [0.25, 0.3) is 0 Å². The SMILES string of the molecule is C[C@H]1CN(c2ncc(C[C@H](O)CO)cc2F)CCN1C(=O)Nc1nc2c(O)cccc2s1. The number of pyridine rings is 1. The van der Waals surface area contributed by atoms with E-state index in [1.54, 1.807) is 21.9 Å². The van der Waals surface area contributed by atoms with Gasteiger partial charge in [0.1, 0.15) is 11.3 Å². The van der Waals surface area contributed by atoms with Gasteiger partial charge in [0.2, 0.25) is 0 Å². The number of nitrogens with zero attached hydrogens (tertiary/aromatic N) is 4. The Morgan fingerprint density at radius 1 is 1.41 bits per heavy atom. The molecule has 1 saturated heterocycles. The molecule has 0 unspecified atom stereocenters. The first kappa shape index (κ1) is 22.2. The van der Waals surface area contributed by atoms with Crippen molar-refractivity contribution in [2.24, 2.45) is 0 Å². The van der Waals surface area contributed by atoms with E-state index in [2.05, 4.69) is 15.3 Å². The summed E-state index contributed by atoms with van der Waals surface area (Å²) in [6.07, 6.45) is 0.654. The van der Waals surface area contributed by atoms with E-state index in [4.69, 9.17) is 5.11 Å². The van der Waals surface area contributed by atoms with Crippen molar-refractivity contribution in [1.82, 2.24) is 14.9 Å². The molecule has 9 nitrogen and oxygen atoms in total. The third-order valence-corrected chi connectivity index (χ3v) is 6.30. The maximum Gasteiger partial charge on any atom is 0.324 e. The van der Waals surface area contributed by atoms with Gasteiger partial charge in [0.15, 0.2) is 16.8 Å². The summed E-state index contributed by atoms with van der Waals surface area (Å²) in [4.78, 5) is 24.7. The van der Waals surface area contributed by atoms with Crippen molar-refractivity contribution >= 4 is 38.5 Å². The van der Waals surface area contributed by atoms with Crippen LogP contribution in [-0.4, -0.2) is 74.6 Å². The number of aliphatic hydroxyl groups excluding tert-OH is 2. The van der Waals surface area contributed by atoms with E-state index in [0.717, 1.165) is 4.70 Å². The van der Waals surface area contributed by atoms with E-state index in [9.17, 15) is 19.4 Å². The number of urea groups is 1. The molecule has 2 amide bonds. The highest BCUT2D eigenvalue weighted by Crippen LogP contribution is 2.31. The Morgan fingerprint density at radius 2 is 2.22 bits per heavy atom. The zero-order valence-electron chi connectivity index (χ0n) is 17.4. The van der Waals surface area contributed by atoms with Crippen LogP contribution in [0, 0.1) is 5.82 Å². The third-order valence-electron chi connectivity index (χ3n) is 5.36. The van der Waals surface area contributed by atoms with E-state index >= 15 is 0 Å². The van der Waals surface area contributed by atoms with E-state index in [0.29, 0.717) is 35.8 Å². The number of carbonyl (C=O) groups is 1. The summed E-state index contributed by atoms with van der Waals surface area (Å²) >= 11 is 1.28. The van der Waals surface area contributed by atoms with Crippen LogP contribution in [0.4, 0.5) is 20.1 Å². The Bertz CT molecular complexity index is 1130. The molecule has 2 atom stereocenters. The molecular formula is C21H24FN5O4S. The summed E-state index contributed by atoms with van der Waals surface area (Å²) in [5.41, 5.74) is 0.947. The van der Waals surface area contributed by atoms with Crippen molar-refractivity contribution in [1.29, 1.82) is 0 Å². The first-order chi connectivity index (χ1) is 15.4. The van der Waals surface area contributed by atoms with Crippen LogP contribution in [-0.2, 0) is 6.42 Å². The topological polar surface area (TPSA) is 122 Å². The van der Waals surface area contributed by atoms with Crippen LogP contribution in [0.2, 0.25) is 0 Å². The Balaban J connectivity index is 1.40. The minimum atomic E-state index is -0.955. The number of piperazine rings is 1. The predicted molar refractivity (Wildman–Crippen MR) is 120 cm³/mol. The van der Waals surface area contributed by atoms with Crippen LogP contribution < -0.4 is 10.2 Å². The highest BCUT2D eigenvalue weighted by atomic mass is 32.1. The van der Waals surface area contributed by atoms with Gasteiger partial charge in [-0.05, 0) is 30.7 Å². The lowest BCUT2D eigenvalue weighted by Crippen LogP contribution is -2.55. The number of benzene rings is 1. The summed E-state index contributed by atoms with van der Waals surface area (Å²) in [6, 6.07) is 5.89. The van der Waals surface area contributed by atoms with Gasteiger partial charge in [0, 0.05) is 38.3 Å². The minimum absolute atomic E-state index is 0.0626. The molecule has 1 aliphatic heterocycles. The number of anilines is 2. The van der Waals surface area contributed by atoms with Crippen molar-refractivity contribution in [2.75, 3.05) is 36.5 Å². The lowest BCUT2D eigenvalue weighted by molar-refractivity contribution is 0.0954. The number of aliphatic hydroxyl groups is 2. The van der Waals surface area contributed by atoms with Gasteiger partial charge < -0.3 is 25.1 Å². The zero-order chi connectivity index (χ0) is 22.8. The Labute approximate surface area is 187 Å². The third kappa shape index (κ3) is 4.59. The summed E-state index contributed by atoms with van der Waals surface area (Å²) < 4.78 is 15.4. The van der Waals surface area contributed by atoms with Crippen molar-refractivity contribution in [3.63, 3.8) is 0 Å². The number of thiazole rings is 1. The molecule has 0 bridgehead atoms. The summed E-state index contributed by atoms with van der Waals surface area (Å²) in [5.74, 6) is -0.250. The number of phenols is 1. The van der Waals surface area contributed by atoms with Crippen molar-refractivity contribution in [3.8, 4) is 5.75 Å². The fraction of sp³-hybridized carbons (Fsp3) is 0.381. The Hall–Kier alpha value is -3.02. The molecule has 0 spiro atoms. The van der Waals surface area contributed by atoms with Crippen molar-refractivity contribution < 1.29 is 24.5 Å². The molecule has 3 heterocycles. The molecule has 2 aromatic heterocycles. The van der Waals surface area contributed by atoms with Crippen LogP contribution in [0.15, 0.2) is 30.5 Å². The molecule has 0 radical (unpaired) electrons. The second-order valence-corrected chi connectivity index (χ2v) is 8.78. The number of para-hydroxylation sites is 1. The van der Waals surface area contributed by atoms with Crippen LogP contribution in [0.1, 0.15) is 12.5 Å². The number of nitrogens with one attached hydrogen (secondary N) is 1. The highest BCUT2D eigenvalue weighted by molar-refractivity contribution is 7.22. The van der Waals surface area contributed by atoms with Crippen molar-refractivity contribution in [2.45, 2.75) is 25.5 Å². The monoisotopic (exact) mass is 461 g/mol. The largest absolute Gasteiger partial charge is 0.506 e. The average molecular weight is 462 g/mol. The van der Waals surface area contributed by atoms with Gasteiger partial charge in [-0.3, -0.25) is 5.32 Å². The molecule has 1 aliphatic rings. The van der Waals surface area contributed by atoms with Gasteiger partial charge in [-0.15, -0.1) is 0 Å². The smallest absolute Gasteiger partial charge is 0.324 e. The molecule has 1 fully saturated rings. The van der Waals surface area contributed by atoms with Crippen molar-refractivity contribution in [3.05, 3.63) is 41.8 Å². The molecule has 11 heteroatoms. The summed E-state index contributed by atoms with van der Waals surface area (Å²) in [7, 11) is 0. The van der Waals surface area contributed by atoms with E-state index in [1.807, 2.05) is 13.0 Å². The van der Waals surface area contributed by atoms with Crippen LogP contribution in [0.5, 0.6) is 5.75 Å². The van der Waals surface area contributed by atoms with Crippen LogP contribution in [0.25, 0.3) is 10.2 Å². The Morgan fingerprint density at radius 3 is 2.91 bits per heavy atom. The van der Waals surface area contributed by atoms with Gasteiger partial charge in [-0.2, -0.15) is 0 Å². The first-order valence-electron chi connectivity index (χ1n) is 10.2. The van der Waals surface area contributed by atoms with Gasteiger partial charge >= 0.3 is 6.03 Å². The number of carbonyl (C=O) groups excluding carboxylic acids is 1. The number of hydrogen-bond acceptors (Lipinski definition) is 8. The fourth-order valence-corrected chi connectivity index (χ4v) is 4.63. The van der Waals surface area contributed by atoms with Gasteiger partial charge in [0.05, 0.1) is 17.4 Å². The molecule has 170 valence electrons. The van der Waals surface area contributed by atoms with E-state index in [-0.39, 0.29) is 30.1 Å². The molecular weight excluding hydrogens is 437 g/mol. The number of halogens is 1. The maximum atomic E-state index is 14.6. The molecule has 0 aliphatic carbocycles. The van der Waals surface area contributed by atoms with Gasteiger partial charge in [-0.25, -0.2) is 19.2 Å². The normalized spacial score (nSPS) is 17.6. The van der Waals surface area contributed by atoms with E-state index < -0.39 is 18.5 Å². The van der Waals surface area contributed by atoms with Crippen LogP contribution in [0.3, 0.4) is 0 Å². The maximum absolute atomic E-state index is 14.6. The molecule has 4 rings (SSSR count). The van der Waals surface area contributed by atoms with Crippen LogP contribution >= 0.6 is 11.3 Å². The predicted octanol–water partition coefficient (Wildman–Crippen LogP) is 2.17. The highest BCUT2D eigenvalue weighted by Gasteiger charge is 2.30. The molecule has 4 N–H and O–H groups in total. The molecule has 3 aromatic rings. The number of aromatic hydroxyl groups is 1.